The van der Waals surface area contributed by atoms with E-state index in [1.165, 1.54) is 18.2 Å². The smallest absolute Gasteiger partial charge is 0.387 e. The van der Waals surface area contributed by atoms with Gasteiger partial charge in [-0.1, -0.05) is 23.2 Å². The van der Waals surface area contributed by atoms with Crippen molar-refractivity contribution in [1.82, 2.24) is 10.6 Å². The van der Waals surface area contributed by atoms with Gasteiger partial charge in [0.05, 0.1) is 18.1 Å². The van der Waals surface area contributed by atoms with E-state index in [2.05, 4.69) is 20.4 Å². The van der Waals surface area contributed by atoms with Crippen LogP contribution in [0.25, 0.3) is 0 Å². The van der Waals surface area contributed by atoms with Crippen LogP contribution in [-0.2, 0) is 13.1 Å². The number of hydrogen-bond acceptors (Lipinski definition) is 4. The summed E-state index contributed by atoms with van der Waals surface area (Å²) in [7, 11) is 0. The van der Waals surface area contributed by atoms with E-state index < -0.39 is 12.5 Å². The summed E-state index contributed by atoms with van der Waals surface area (Å²) in [6.45, 7) is -0.436. The number of carbonyl (C=O) groups is 1. The number of benzene rings is 1. The lowest BCUT2D eigenvalue weighted by Gasteiger charge is -2.13. The first kappa shape index (κ1) is 21.8. The average molecular weight is 435 g/mol. The van der Waals surface area contributed by atoms with Gasteiger partial charge in [0, 0.05) is 17.1 Å². The molecule has 0 spiro atoms. The summed E-state index contributed by atoms with van der Waals surface area (Å²) in [5.41, 5.74) is 5.44. The molecule has 2 aromatic rings. The van der Waals surface area contributed by atoms with E-state index in [0.717, 1.165) is 0 Å². The number of carbonyl (C=O) groups excluding carboxylic acids is 1. The highest BCUT2D eigenvalue weighted by Crippen LogP contribution is 2.34. The molecule has 1 aromatic heterocycles. The van der Waals surface area contributed by atoms with Crippen molar-refractivity contribution < 1.29 is 22.7 Å². The Bertz CT molecular complexity index is 859. The SMILES string of the molecule is CCNC(=NCc1cc(Cl)cc(Cl)c1OC(F)F)NCc1ccc(C(N)=O)o1. The standard InChI is InChI=1S/C17H18Cl2F2N4O3/c1-2-23-17(25-8-11-3-4-13(27-11)15(22)26)24-7-9-5-10(18)6-12(19)14(9)28-16(20)21/h3-6,16H,2,7-8H2,1H3,(H2,22,26)(H2,23,24,25). The van der Waals surface area contributed by atoms with E-state index in [9.17, 15) is 13.6 Å². The second kappa shape index (κ2) is 10.1. The van der Waals surface area contributed by atoms with Crippen LogP contribution in [0, 0.1) is 0 Å². The molecule has 152 valence electrons. The zero-order chi connectivity index (χ0) is 20.7. The number of amides is 1. The first-order chi connectivity index (χ1) is 13.3. The number of furan rings is 1. The fourth-order valence-corrected chi connectivity index (χ4v) is 2.81. The van der Waals surface area contributed by atoms with Gasteiger partial charge in [0.25, 0.3) is 5.91 Å². The molecule has 0 aliphatic heterocycles. The second-order valence-corrected chi connectivity index (χ2v) is 6.28. The van der Waals surface area contributed by atoms with Gasteiger partial charge >= 0.3 is 6.61 Å². The van der Waals surface area contributed by atoms with Gasteiger partial charge in [-0.05, 0) is 31.2 Å². The van der Waals surface area contributed by atoms with Crippen LogP contribution in [-0.4, -0.2) is 25.0 Å². The van der Waals surface area contributed by atoms with Gasteiger partial charge < -0.3 is 25.5 Å². The Balaban J connectivity index is 2.14. The van der Waals surface area contributed by atoms with Gasteiger partial charge in [-0.3, -0.25) is 4.79 Å². The number of alkyl halides is 2. The molecule has 0 aliphatic carbocycles. The van der Waals surface area contributed by atoms with E-state index in [1.54, 1.807) is 6.07 Å². The van der Waals surface area contributed by atoms with Gasteiger partial charge in [-0.15, -0.1) is 0 Å². The van der Waals surface area contributed by atoms with Crippen molar-refractivity contribution in [1.29, 1.82) is 0 Å². The molecule has 11 heteroatoms. The van der Waals surface area contributed by atoms with Crippen LogP contribution in [0.5, 0.6) is 5.75 Å². The van der Waals surface area contributed by atoms with Crippen molar-refractivity contribution in [3.05, 3.63) is 51.4 Å². The summed E-state index contributed by atoms with van der Waals surface area (Å²) < 4.78 is 35.1. The minimum atomic E-state index is -3.04. The number of rotatable bonds is 8. The molecule has 2 rings (SSSR count). The molecule has 0 fully saturated rings. The van der Waals surface area contributed by atoms with Gasteiger partial charge in [-0.2, -0.15) is 8.78 Å². The first-order valence-corrected chi connectivity index (χ1v) is 8.89. The number of nitrogens with one attached hydrogen (secondary N) is 2. The highest BCUT2D eigenvalue weighted by atomic mass is 35.5. The molecule has 0 aliphatic rings. The molecule has 1 aromatic carbocycles. The molecule has 1 amide bonds. The van der Waals surface area contributed by atoms with E-state index in [-0.39, 0.29) is 34.6 Å². The van der Waals surface area contributed by atoms with Crippen LogP contribution in [0.3, 0.4) is 0 Å². The third kappa shape index (κ3) is 6.28. The molecule has 0 unspecified atom stereocenters. The van der Waals surface area contributed by atoms with Crippen LogP contribution >= 0.6 is 23.2 Å². The van der Waals surface area contributed by atoms with Crippen LogP contribution in [0.2, 0.25) is 10.0 Å². The summed E-state index contributed by atoms with van der Waals surface area (Å²) in [5.74, 6) is 0.0284. The minimum absolute atomic E-state index is 0.0254. The van der Waals surface area contributed by atoms with Gasteiger partial charge in [0.1, 0.15) is 11.5 Å². The lowest BCUT2D eigenvalue weighted by atomic mass is 10.2. The summed E-state index contributed by atoms with van der Waals surface area (Å²) in [6, 6.07) is 5.82. The van der Waals surface area contributed by atoms with E-state index in [1.807, 2.05) is 6.92 Å². The Morgan fingerprint density at radius 2 is 2.07 bits per heavy atom. The summed E-state index contributed by atoms with van der Waals surface area (Å²) in [6.07, 6.45) is 0. The number of primary amides is 1. The molecule has 4 N–H and O–H groups in total. The third-order valence-electron chi connectivity index (χ3n) is 3.38. The molecule has 28 heavy (non-hydrogen) atoms. The number of nitrogens with zero attached hydrogens (tertiary/aromatic N) is 1. The number of guanidine groups is 1. The lowest BCUT2D eigenvalue weighted by molar-refractivity contribution is -0.0503. The number of nitrogens with two attached hydrogens (primary N) is 1. The van der Waals surface area contributed by atoms with Crippen molar-refractivity contribution in [3.8, 4) is 5.75 Å². The maximum atomic E-state index is 12.7. The van der Waals surface area contributed by atoms with Crippen LogP contribution in [0.4, 0.5) is 8.78 Å². The molecule has 0 saturated heterocycles. The fourth-order valence-electron chi connectivity index (χ4n) is 2.23. The first-order valence-electron chi connectivity index (χ1n) is 8.13. The van der Waals surface area contributed by atoms with E-state index in [4.69, 9.17) is 33.4 Å². The largest absolute Gasteiger partial charge is 0.454 e. The number of halogens is 4. The molecule has 0 atom stereocenters. The Hall–Kier alpha value is -2.52. The van der Waals surface area contributed by atoms with Crippen LogP contribution < -0.4 is 21.1 Å². The van der Waals surface area contributed by atoms with Gasteiger partial charge in [-0.25, -0.2) is 4.99 Å². The van der Waals surface area contributed by atoms with Gasteiger partial charge in [0.15, 0.2) is 11.7 Å². The monoisotopic (exact) mass is 434 g/mol. The van der Waals surface area contributed by atoms with Crippen molar-refractivity contribution in [2.45, 2.75) is 26.6 Å². The number of ether oxygens (including phenoxy) is 1. The molecular formula is C17H18Cl2F2N4O3. The van der Waals surface area contributed by atoms with Crippen molar-refractivity contribution in [3.63, 3.8) is 0 Å². The van der Waals surface area contributed by atoms with Gasteiger partial charge in [0.2, 0.25) is 0 Å². The molecular weight excluding hydrogens is 417 g/mol. The Kier molecular flexibility index (Phi) is 7.89. The van der Waals surface area contributed by atoms with Crippen molar-refractivity contribution in [2.75, 3.05) is 6.54 Å². The normalized spacial score (nSPS) is 11.6. The van der Waals surface area contributed by atoms with E-state index in [0.29, 0.717) is 23.8 Å². The fraction of sp³-hybridized carbons (Fsp3) is 0.294. The molecule has 0 saturated carbocycles. The van der Waals surface area contributed by atoms with Crippen molar-refractivity contribution in [2.24, 2.45) is 10.7 Å². The molecule has 0 radical (unpaired) electrons. The molecule has 7 nitrogen and oxygen atoms in total. The summed E-state index contributed by atoms with van der Waals surface area (Å²) >= 11 is 11.9. The highest BCUT2D eigenvalue weighted by Gasteiger charge is 2.15. The third-order valence-corrected chi connectivity index (χ3v) is 3.88. The maximum Gasteiger partial charge on any atom is 0.387 e. The summed E-state index contributed by atoms with van der Waals surface area (Å²) in [5, 5.41) is 6.21. The van der Waals surface area contributed by atoms with Crippen LogP contribution in [0.15, 0.2) is 33.7 Å². The zero-order valence-corrected chi connectivity index (χ0v) is 16.3. The van der Waals surface area contributed by atoms with E-state index >= 15 is 0 Å². The molecule has 0 bridgehead atoms. The topological polar surface area (TPSA) is 102 Å². The Morgan fingerprint density at radius 1 is 1.32 bits per heavy atom. The van der Waals surface area contributed by atoms with Crippen LogP contribution in [0.1, 0.15) is 28.8 Å². The van der Waals surface area contributed by atoms with Crippen molar-refractivity contribution >= 4 is 35.1 Å². The zero-order valence-electron chi connectivity index (χ0n) is 14.8. The Morgan fingerprint density at radius 3 is 2.68 bits per heavy atom. The Labute approximate surface area is 169 Å². The molecule has 1 heterocycles. The maximum absolute atomic E-state index is 12.7. The number of aliphatic imine (C=N–C) groups is 1. The predicted molar refractivity (Wildman–Crippen MR) is 102 cm³/mol. The summed E-state index contributed by atoms with van der Waals surface area (Å²) in [4.78, 5) is 15.4. The minimum Gasteiger partial charge on any atom is -0.454 e. The second-order valence-electron chi connectivity index (χ2n) is 5.43. The highest BCUT2D eigenvalue weighted by molar-refractivity contribution is 6.35. The lowest BCUT2D eigenvalue weighted by Crippen LogP contribution is -2.36. The predicted octanol–water partition coefficient (Wildman–Crippen LogP) is 3.54. The average Bonchev–Trinajstić information content (AvgIpc) is 3.09. The number of hydrogen-bond donors (Lipinski definition) is 3. The quantitative estimate of drug-likeness (QED) is 0.435.